The molecule has 3 rings (SSSR count). The van der Waals surface area contributed by atoms with Crippen LogP contribution in [0.25, 0.3) is 17.0 Å². The van der Waals surface area contributed by atoms with Crippen LogP contribution in [0.5, 0.6) is 0 Å². The Hall–Kier alpha value is -0.998. The van der Waals surface area contributed by atoms with E-state index in [4.69, 9.17) is 11.1 Å². The summed E-state index contributed by atoms with van der Waals surface area (Å²) in [5.41, 5.74) is 12.8. The van der Waals surface area contributed by atoms with Crippen molar-refractivity contribution in [2.45, 2.75) is 19.9 Å². The van der Waals surface area contributed by atoms with Gasteiger partial charge in [-0.05, 0) is 37.3 Å². The van der Waals surface area contributed by atoms with Gasteiger partial charge in [-0.25, -0.2) is 4.98 Å². The molecule has 1 aromatic carbocycles. The molecule has 0 aliphatic rings. The van der Waals surface area contributed by atoms with Gasteiger partial charge in [0.2, 0.25) is 0 Å². The first kappa shape index (κ1) is 21.3. The maximum atomic E-state index is 7.84. The van der Waals surface area contributed by atoms with Gasteiger partial charge in [-0.2, -0.15) is 0 Å². The number of nitrogens with zero attached hydrogens (tertiary/aromatic N) is 2. The average Bonchev–Trinajstić information content (AvgIpc) is 2.62. The quantitative estimate of drug-likeness (QED) is 0.570. The Bertz CT molecular complexity index is 908. The van der Waals surface area contributed by atoms with Crippen molar-refractivity contribution in [1.82, 2.24) is 9.97 Å². The predicted octanol–water partition coefficient (Wildman–Crippen LogP) is 2.31. The number of pyridine rings is 2. The van der Waals surface area contributed by atoms with E-state index in [1.54, 1.807) is 6.92 Å². The largest absolute Gasteiger partial charge is 1.00 e. The molecule has 0 fully saturated rings. The normalized spacial score (nSPS) is 11.3. The zero-order valence-corrected chi connectivity index (χ0v) is 21.5. The molecule has 2 aromatic heterocycles. The Morgan fingerprint density at radius 1 is 1.08 bits per heavy atom. The molecule has 0 unspecified atom stereocenters. The van der Waals surface area contributed by atoms with E-state index in [2.05, 4.69) is 15.3 Å². The number of rotatable bonds is 5. The first-order chi connectivity index (χ1) is 12.1. The van der Waals surface area contributed by atoms with Gasteiger partial charge in [0.25, 0.3) is 0 Å². The molecule has 5 nitrogen and oxygen atoms in total. The molecule has 3 aromatic rings. The van der Waals surface area contributed by atoms with Gasteiger partial charge < -0.3 is 16.5 Å². The van der Waals surface area contributed by atoms with E-state index < -0.39 is 0 Å². The van der Waals surface area contributed by atoms with E-state index in [0.29, 0.717) is 0 Å². The molecule has 0 saturated carbocycles. The molecule has 0 aliphatic carbocycles. The molecule has 0 aliphatic heterocycles. The number of benzene rings is 1. The second-order valence-corrected chi connectivity index (χ2v) is 5.90. The third-order valence-electron chi connectivity index (χ3n) is 3.87. The van der Waals surface area contributed by atoms with Gasteiger partial charge in [0, 0.05) is 34.4 Å². The Balaban J connectivity index is 0.00000243. The standard InChI is InChI=1S/C20H20N5.Cs/c1-13-5-3-8-20(23-13)25-19-11-15(9-10-16(19)12-21)18-7-4-6-17(24-18)14(2)22;/h3-12,14,21-22H,1-2H3,(H,23,25);/q-1;+1/t14-;/m0./s1. The molecule has 126 valence electrons. The van der Waals surface area contributed by atoms with Crippen LogP contribution < -0.4 is 74.2 Å². The van der Waals surface area contributed by atoms with Gasteiger partial charge in [0.05, 0.1) is 5.69 Å². The van der Waals surface area contributed by atoms with Gasteiger partial charge in [0.1, 0.15) is 5.82 Å². The third-order valence-corrected chi connectivity index (χ3v) is 3.87. The monoisotopic (exact) mass is 463 g/mol. The molecule has 0 amide bonds. The van der Waals surface area contributed by atoms with Crippen LogP contribution in [0.1, 0.15) is 29.9 Å². The predicted molar refractivity (Wildman–Crippen MR) is 103 cm³/mol. The second kappa shape index (κ2) is 9.80. The van der Waals surface area contributed by atoms with E-state index in [0.717, 1.165) is 39.7 Å². The van der Waals surface area contributed by atoms with Crippen molar-refractivity contribution in [3.05, 3.63) is 77.3 Å². The summed E-state index contributed by atoms with van der Waals surface area (Å²) in [5.74, 6) is 0.738. The Morgan fingerprint density at radius 3 is 2.54 bits per heavy atom. The fraction of sp³-hybridized carbons (Fsp3) is 0.150. The van der Waals surface area contributed by atoms with Crippen molar-refractivity contribution in [3.63, 3.8) is 0 Å². The fourth-order valence-electron chi connectivity index (χ4n) is 2.55. The van der Waals surface area contributed by atoms with Crippen LogP contribution in [0.4, 0.5) is 11.5 Å². The molecule has 26 heavy (non-hydrogen) atoms. The van der Waals surface area contributed by atoms with E-state index in [1.165, 1.54) is 6.21 Å². The summed E-state index contributed by atoms with van der Waals surface area (Å²) >= 11 is 0. The summed E-state index contributed by atoms with van der Waals surface area (Å²) in [6.45, 7) is 3.75. The maximum Gasteiger partial charge on any atom is 1.00 e. The van der Waals surface area contributed by atoms with E-state index in [1.807, 2.05) is 61.5 Å². The molecule has 0 spiro atoms. The van der Waals surface area contributed by atoms with Gasteiger partial charge >= 0.3 is 68.9 Å². The van der Waals surface area contributed by atoms with Crippen LogP contribution in [0.15, 0.2) is 54.6 Å². The zero-order valence-electron chi connectivity index (χ0n) is 15.2. The summed E-state index contributed by atoms with van der Waals surface area (Å²) in [6.07, 6.45) is 1.32. The minimum absolute atomic E-state index is 0. The van der Waals surface area contributed by atoms with Crippen molar-refractivity contribution in [2.24, 2.45) is 0 Å². The second-order valence-electron chi connectivity index (χ2n) is 5.90. The topological polar surface area (TPSA) is 85.5 Å². The average molecular weight is 463 g/mol. The first-order valence-electron chi connectivity index (χ1n) is 8.10. The summed E-state index contributed by atoms with van der Waals surface area (Å²) < 4.78 is 0. The minimum atomic E-state index is -0.366. The Morgan fingerprint density at radius 2 is 1.85 bits per heavy atom. The van der Waals surface area contributed by atoms with E-state index in [9.17, 15) is 0 Å². The van der Waals surface area contributed by atoms with Gasteiger partial charge in [-0.3, -0.25) is 4.98 Å². The van der Waals surface area contributed by atoms with Crippen LogP contribution in [0, 0.1) is 12.3 Å². The number of anilines is 2. The number of hydrogen-bond acceptors (Lipinski definition) is 4. The molecule has 6 heteroatoms. The molecule has 2 heterocycles. The van der Waals surface area contributed by atoms with Gasteiger partial charge in [0.15, 0.2) is 0 Å². The molecule has 0 radical (unpaired) electrons. The van der Waals surface area contributed by atoms with Crippen molar-refractivity contribution in [2.75, 3.05) is 5.32 Å². The van der Waals surface area contributed by atoms with Crippen molar-refractivity contribution in [1.29, 1.82) is 5.41 Å². The Labute approximate surface area is 212 Å². The minimum Gasteiger partial charge on any atom is -0.670 e. The van der Waals surface area contributed by atoms with Crippen LogP contribution >= 0.6 is 0 Å². The van der Waals surface area contributed by atoms with Crippen LogP contribution in [0.2, 0.25) is 0 Å². The van der Waals surface area contributed by atoms with Crippen LogP contribution in [-0.4, -0.2) is 16.2 Å². The number of nitrogens with one attached hydrogen (secondary N) is 3. The molecule has 1 atom stereocenters. The third kappa shape index (κ3) is 5.26. The summed E-state index contributed by atoms with van der Waals surface area (Å²) in [5, 5.41) is 10.9. The Kier molecular flexibility index (Phi) is 8.03. The van der Waals surface area contributed by atoms with Crippen LogP contribution in [-0.2, 0) is 0 Å². The van der Waals surface area contributed by atoms with Crippen LogP contribution in [0.3, 0.4) is 0 Å². The first-order valence-corrected chi connectivity index (χ1v) is 8.10. The van der Waals surface area contributed by atoms with Crippen molar-refractivity contribution >= 4 is 17.7 Å². The molecular formula is C20H20CsN5. The van der Waals surface area contributed by atoms with E-state index in [-0.39, 0.29) is 74.9 Å². The molecule has 3 N–H and O–H groups in total. The smallest absolute Gasteiger partial charge is 0.670 e. The number of hydrogen-bond donors (Lipinski definition) is 2. The SMILES string of the molecule is Cc1cccc(Nc2cc(-c3cccc([C@H](C)[NH-])n3)ccc2C=N)n1.[Cs+]. The van der Waals surface area contributed by atoms with Gasteiger partial charge in [-0.15, -0.1) is 0 Å². The molecule has 0 bridgehead atoms. The summed E-state index contributed by atoms with van der Waals surface area (Å²) in [7, 11) is 0. The summed E-state index contributed by atoms with van der Waals surface area (Å²) in [6, 6.07) is 16.9. The van der Waals surface area contributed by atoms with Crippen molar-refractivity contribution < 1.29 is 68.9 Å². The molecular weight excluding hydrogens is 443 g/mol. The maximum absolute atomic E-state index is 7.84. The zero-order chi connectivity index (χ0) is 17.8. The summed E-state index contributed by atoms with van der Waals surface area (Å²) in [4.78, 5) is 9.03. The molecule has 0 saturated heterocycles. The van der Waals surface area contributed by atoms with Crippen molar-refractivity contribution in [3.8, 4) is 11.3 Å². The number of aromatic nitrogens is 2. The van der Waals surface area contributed by atoms with E-state index >= 15 is 0 Å². The fourth-order valence-corrected chi connectivity index (χ4v) is 2.55. The van der Waals surface area contributed by atoms with Gasteiger partial charge in [-0.1, -0.05) is 37.2 Å². The number of aryl methyl sites for hydroxylation is 1.